The van der Waals surface area contributed by atoms with Gasteiger partial charge in [-0.15, -0.1) is 0 Å². The average molecular weight is 273 g/mol. The third kappa shape index (κ3) is 2.26. The van der Waals surface area contributed by atoms with Gasteiger partial charge in [0.1, 0.15) is 0 Å². The molecule has 0 amide bonds. The van der Waals surface area contributed by atoms with Crippen LogP contribution in [0.15, 0.2) is 0 Å². The van der Waals surface area contributed by atoms with Crippen molar-refractivity contribution >= 4 is 26.1 Å². The van der Waals surface area contributed by atoms with Gasteiger partial charge < -0.3 is 0 Å². The Morgan fingerprint density at radius 3 is 2.45 bits per heavy atom. The number of nitrogens with two attached hydrogens (primary N) is 2. The number of hydrogen-bond donors (Lipinski definition) is 2. The molecule has 1 aliphatic rings. The fourth-order valence-corrected chi connectivity index (χ4v) is 5.13. The Labute approximate surface area is 72.8 Å². The summed E-state index contributed by atoms with van der Waals surface area (Å²) in [5.74, 6) is -1.78. The zero-order valence-corrected chi connectivity index (χ0v) is 8.66. The molecular formula is C5H12IN3O2. The Bertz CT molecular complexity index is 185. The Hall–Kier alpha value is 0.0800. The second-order valence-electron chi connectivity index (χ2n) is 2.38. The van der Waals surface area contributed by atoms with Crippen LogP contribution >= 0.6 is 20.1 Å². The molecule has 1 rings (SSSR count). The number of esters is 1. The maximum atomic E-state index is 10.5. The number of hydrogen-bond acceptors (Lipinski definition) is 5. The number of alkyl halides is 2. The quantitative estimate of drug-likeness (QED) is 0.134. The summed E-state index contributed by atoms with van der Waals surface area (Å²) in [6, 6.07) is 0. The van der Waals surface area contributed by atoms with E-state index in [1.54, 1.807) is 0 Å². The summed E-state index contributed by atoms with van der Waals surface area (Å²) in [7, 11) is 0. The van der Waals surface area contributed by atoms with E-state index >= 15 is 0 Å². The van der Waals surface area contributed by atoms with Crippen LogP contribution in [0.1, 0.15) is 6.92 Å². The van der Waals surface area contributed by atoms with Crippen molar-refractivity contribution in [3.05, 3.63) is 0 Å². The Morgan fingerprint density at radius 2 is 2.18 bits per heavy atom. The molecule has 1 atom stereocenters. The number of carbonyl (C=O) groups excluding carboxylic acids is 1. The number of carbonyl (C=O) groups is 1. The summed E-state index contributed by atoms with van der Waals surface area (Å²) in [5, 5.41) is 0. The predicted molar refractivity (Wildman–Crippen MR) is 49.5 cm³/mol. The Kier molecular flexibility index (Phi) is 2.37. The van der Waals surface area contributed by atoms with Crippen molar-refractivity contribution in [3.63, 3.8) is 0 Å². The summed E-state index contributed by atoms with van der Waals surface area (Å²) < 4.78 is 7.49. The van der Waals surface area contributed by atoms with Crippen molar-refractivity contribution < 1.29 is 9.53 Å². The van der Waals surface area contributed by atoms with Crippen LogP contribution in [-0.4, -0.2) is 24.5 Å². The van der Waals surface area contributed by atoms with E-state index in [9.17, 15) is 4.79 Å². The molecule has 6 heteroatoms. The number of rotatable bonds is 2. The van der Waals surface area contributed by atoms with Gasteiger partial charge in [0.05, 0.1) is 0 Å². The maximum absolute atomic E-state index is 10.5. The average Bonchev–Trinajstić information content (AvgIpc) is 2.42. The third-order valence-corrected chi connectivity index (χ3v) is 5.21. The van der Waals surface area contributed by atoms with Crippen molar-refractivity contribution in [3.8, 4) is 0 Å². The molecule has 0 spiro atoms. The summed E-state index contributed by atoms with van der Waals surface area (Å²) in [6.07, 6.45) is 0. The van der Waals surface area contributed by atoms with E-state index in [-0.39, 0.29) is 0 Å². The molecule has 4 N–H and O–H groups in total. The van der Waals surface area contributed by atoms with Crippen molar-refractivity contribution in [2.75, 3.05) is 9.48 Å². The van der Waals surface area contributed by atoms with Crippen LogP contribution < -0.4 is 11.5 Å². The summed E-state index contributed by atoms with van der Waals surface area (Å²) in [6.45, 7) is 1.30. The van der Waals surface area contributed by atoms with Crippen LogP contribution in [0.4, 0.5) is 0 Å². The molecule has 0 aliphatic carbocycles. The van der Waals surface area contributed by atoms with E-state index in [1.807, 2.05) is 3.11 Å². The van der Waals surface area contributed by atoms with Gasteiger partial charge in [-0.2, -0.15) is 0 Å². The van der Waals surface area contributed by atoms with Crippen molar-refractivity contribution in [1.82, 2.24) is 3.11 Å². The van der Waals surface area contributed by atoms with Crippen LogP contribution in [-0.2, 0) is 9.53 Å². The molecule has 11 heavy (non-hydrogen) atoms. The van der Waals surface area contributed by atoms with Crippen molar-refractivity contribution in [1.29, 1.82) is 0 Å². The predicted octanol–water partition coefficient (Wildman–Crippen LogP) is -0.597. The van der Waals surface area contributed by atoms with Gasteiger partial charge in [0.25, 0.3) is 0 Å². The van der Waals surface area contributed by atoms with Crippen molar-refractivity contribution in [2.45, 2.75) is 12.9 Å². The zero-order valence-electron chi connectivity index (χ0n) is 6.50. The molecule has 5 nitrogen and oxygen atoms in total. The number of halogens is 1. The second-order valence-corrected chi connectivity index (χ2v) is 7.40. The normalized spacial score (nSPS) is 26.5. The minimum atomic E-state index is -1.34. The molecule has 1 saturated heterocycles. The molecule has 66 valence electrons. The third-order valence-electron chi connectivity index (χ3n) is 1.25. The Morgan fingerprint density at radius 1 is 1.73 bits per heavy atom. The van der Waals surface area contributed by atoms with Crippen LogP contribution in [0, 0.1) is 0 Å². The Balaban J connectivity index is 2.46. The topological polar surface area (TPSA) is 81.4 Å². The monoisotopic (exact) mass is 273 g/mol. The van der Waals surface area contributed by atoms with Crippen molar-refractivity contribution in [2.24, 2.45) is 11.5 Å². The van der Waals surface area contributed by atoms with E-state index in [1.165, 1.54) is 6.92 Å². The van der Waals surface area contributed by atoms with Crippen LogP contribution in [0.2, 0.25) is 0 Å². The van der Waals surface area contributed by atoms with Gasteiger partial charge in [0, 0.05) is 0 Å². The first-order valence-electron chi connectivity index (χ1n) is 3.04. The molecular weight excluding hydrogens is 261 g/mol. The van der Waals surface area contributed by atoms with E-state index in [0.29, 0.717) is 0 Å². The SMILES string of the molecule is CC(=O)OC(N)(N)N1CI1C. The molecule has 0 bridgehead atoms. The van der Waals surface area contributed by atoms with E-state index < -0.39 is 32.0 Å². The van der Waals surface area contributed by atoms with Crippen LogP contribution in [0.3, 0.4) is 0 Å². The molecule has 0 radical (unpaired) electrons. The standard InChI is InChI=1S/C5H12IN3O2/c1-4(10)11-5(7,8)9-3-6(9)2/h3,7-8H2,1-2H3. The van der Waals surface area contributed by atoms with Gasteiger partial charge in [-0.3, -0.25) is 0 Å². The molecule has 0 saturated carbocycles. The molecule has 1 aliphatic heterocycles. The minimum absolute atomic E-state index is 0.439. The zero-order chi connectivity index (χ0) is 8.65. The fourth-order valence-electron chi connectivity index (χ4n) is 0.730. The first-order valence-corrected chi connectivity index (χ1v) is 7.69. The molecule has 1 heterocycles. The van der Waals surface area contributed by atoms with Gasteiger partial charge in [0.15, 0.2) is 0 Å². The number of ether oxygens (including phenoxy) is 1. The molecule has 1 fully saturated rings. The molecule has 0 aromatic heterocycles. The molecule has 0 aromatic rings. The van der Waals surface area contributed by atoms with E-state index in [0.717, 1.165) is 4.55 Å². The van der Waals surface area contributed by atoms with E-state index in [4.69, 9.17) is 16.2 Å². The second kappa shape index (κ2) is 2.85. The van der Waals surface area contributed by atoms with Gasteiger partial charge in [-0.05, 0) is 0 Å². The summed E-state index contributed by atoms with van der Waals surface area (Å²) in [5.41, 5.74) is 11.0. The van der Waals surface area contributed by atoms with Gasteiger partial charge in [-0.1, -0.05) is 0 Å². The first kappa shape index (κ1) is 9.17. The fraction of sp³-hybridized carbons (Fsp3) is 0.800. The van der Waals surface area contributed by atoms with E-state index in [2.05, 4.69) is 4.93 Å². The summed E-state index contributed by atoms with van der Waals surface area (Å²) in [4.78, 5) is 12.6. The van der Waals surface area contributed by atoms with Gasteiger partial charge in [0.2, 0.25) is 0 Å². The first-order chi connectivity index (χ1) is 4.93. The van der Waals surface area contributed by atoms with Crippen LogP contribution in [0.5, 0.6) is 0 Å². The molecule has 1 unspecified atom stereocenters. The van der Waals surface area contributed by atoms with Gasteiger partial charge >= 0.3 is 72.6 Å². The number of nitrogens with zero attached hydrogens (tertiary/aromatic N) is 1. The van der Waals surface area contributed by atoms with Crippen LogP contribution in [0.25, 0.3) is 0 Å². The summed E-state index contributed by atoms with van der Waals surface area (Å²) >= 11 is -1.03. The van der Waals surface area contributed by atoms with Gasteiger partial charge in [-0.25, -0.2) is 0 Å². The molecule has 0 aromatic carbocycles.